The lowest BCUT2D eigenvalue weighted by atomic mass is 10.1. The average Bonchev–Trinajstić information content (AvgIpc) is 2.28. The van der Waals surface area contributed by atoms with Crippen molar-refractivity contribution in [2.75, 3.05) is 11.1 Å². The molecular weight excluding hydrogens is 234 g/mol. The molecule has 0 atom stereocenters. The molecule has 0 amide bonds. The largest absolute Gasteiger partial charge is 0.397 e. The molecule has 0 heterocycles. The maximum Gasteiger partial charge on any atom is 0.184 e. The van der Waals surface area contributed by atoms with E-state index in [2.05, 4.69) is 5.32 Å². The van der Waals surface area contributed by atoms with Crippen molar-refractivity contribution in [1.29, 1.82) is 0 Å². The molecule has 2 aromatic rings. The van der Waals surface area contributed by atoms with Gasteiger partial charge in [-0.15, -0.1) is 0 Å². The van der Waals surface area contributed by atoms with Crippen molar-refractivity contribution in [2.24, 2.45) is 0 Å². The second-order valence-corrected chi connectivity index (χ2v) is 4.33. The molecule has 0 radical (unpaired) electrons. The fraction of sp³-hybridized carbons (Fsp3) is 0.143. The van der Waals surface area contributed by atoms with Crippen LogP contribution in [0.2, 0.25) is 0 Å². The molecule has 0 spiro atoms. The Kier molecular flexibility index (Phi) is 3.19. The lowest BCUT2D eigenvalue weighted by molar-refractivity contribution is 0.512. The smallest absolute Gasteiger partial charge is 0.184 e. The van der Waals surface area contributed by atoms with Gasteiger partial charge in [0.25, 0.3) is 0 Å². The van der Waals surface area contributed by atoms with Gasteiger partial charge in [0.15, 0.2) is 11.6 Å². The van der Waals surface area contributed by atoms with E-state index in [9.17, 15) is 8.78 Å². The highest BCUT2D eigenvalue weighted by molar-refractivity contribution is 5.73. The Hall–Kier alpha value is -2.10. The summed E-state index contributed by atoms with van der Waals surface area (Å²) < 4.78 is 26.8. The molecule has 0 saturated heterocycles. The molecule has 0 aliphatic heterocycles. The zero-order valence-electron chi connectivity index (χ0n) is 10.2. The summed E-state index contributed by atoms with van der Waals surface area (Å²) in [6.07, 6.45) is 0. The Bertz CT molecular complexity index is 574. The van der Waals surface area contributed by atoms with Crippen molar-refractivity contribution in [1.82, 2.24) is 0 Å². The number of nitrogens with one attached hydrogen (secondary N) is 1. The zero-order valence-corrected chi connectivity index (χ0v) is 10.2. The lowest BCUT2D eigenvalue weighted by Gasteiger charge is -2.12. The van der Waals surface area contributed by atoms with Gasteiger partial charge in [-0.2, -0.15) is 0 Å². The Morgan fingerprint density at radius 2 is 1.61 bits per heavy atom. The van der Waals surface area contributed by atoms with Gasteiger partial charge < -0.3 is 11.1 Å². The van der Waals surface area contributed by atoms with Crippen LogP contribution < -0.4 is 11.1 Å². The first kappa shape index (κ1) is 12.4. The van der Waals surface area contributed by atoms with Crippen molar-refractivity contribution in [3.05, 3.63) is 53.1 Å². The maximum atomic E-state index is 13.6. The highest BCUT2D eigenvalue weighted by Crippen LogP contribution is 2.28. The molecule has 2 aromatic carbocycles. The van der Waals surface area contributed by atoms with E-state index >= 15 is 0 Å². The van der Waals surface area contributed by atoms with Gasteiger partial charge in [0.1, 0.15) is 5.69 Å². The third-order valence-electron chi connectivity index (χ3n) is 2.62. The first-order chi connectivity index (χ1) is 8.47. The van der Waals surface area contributed by atoms with Crippen molar-refractivity contribution in [3.8, 4) is 0 Å². The summed E-state index contributed by atoms with van der Waals surface area (Å²) in [7, 11) is 0. The molecule has 0 aliphatic rings. The van der Waals surface area contributed by atoms with Gasteiger partial charge in [-0.3, -0.25) is 0 Å². The van der Waals surface area contributed by atoms with Crippen LogP contribution in [-0.4, -0.2) is 0 Å². The van der Waals surface area contributed by atoms with E-state index in [0.717, 1.165) is 17.2 Å². The molecule has 0 aliphatic carbocycles. The quantitative estimate of drug-likeness (QED) is 0.791. The molecule has 94 valence electrons. The van der Waals surface area contributed by atoms with Gasteiger partial charge >= 0.3 is 0 Å². The predicted molar refractivity (Wildman–Crippen MR) is 70.0 cm³/mol. The number of nitrogens with two attached hydrogens (primary N) is 1. The Morgan fingerprint density at radius 1 is 1.00 bits per heavy atom. The van der Waals surface area contributed by atoms with Gasteiger partial charge in [-0.1, -0.05) is 6.07 Å². The van der Waals surface area contributed by atoms with Crippen LogP contribution in [0.4, 0.5) is 25.8 Å². The summed E-state index contributed by atoms with van der Waals surface area (Å²) in [4.78, 5) is 0. The monoisotopic (exact) mass is 248 g/mol. The van der Waals surface area contributed by atoms with Crippen LogP contribution in [0.3, 0.4) is 0 Å². The van der Waals surface area contributed by atoms with Crippen LogP contribution in [0.15, 0.2) is 30.3 Å². The average molecular weight is 248 g/mol. The zero-order chi connectivity index (χ0) is 13.3. The van der Waals surface area contributed by atoms with E-state index in [1.165, 1.54) is 6.07 Å². The van der Waals surface area contributed by atoms with Gasteiger partial charge in [0.05, 0.1) is 5.69 Å². The second kappa shape index (κ2) is 4.64. The second-order valence-electron chi connectivity index (χ2n) is 4.33. The number of benzene rings is 2. The van der Waals surface area contributed by atoms with Crippen LogP contribution in [0.25, 0.3) is 0 Å². The van der Waals surface area contributed by atoms with Crippen molar-refractivity contribution >= 4 is 17.1 Å². The molecule has 4 heteroatoms. The van der Waals surface area contributed by atoms with E-state index < -0.39 is 11.6 Å². The van der Waals surface area contributed by atoms with Crippen LogP contribution in [0, 0.1) is 25.5 Å². The molecule has 0 bridgehead atoms. The fourth-order valence-electron chi connectivity index (χ4n) is 1.88. The summed E-state index contributed by atoms with van der Waals surface area (Å²) in [5.74, 6) is -1.88. The molecule has 0 aromatic heterocycles. The molecule has 0 unspecified atom stereocenters. The van der Waals surface area contributed by atoms with Crippen LogP contribution in [-0.2, 0) is 0 Å². The molecular formula is C14H14F2N2. The van der Waals surface area contributed by atoms with E-state index in [0.29, 0.717) is 5.69 Å². The number of hydrogen-bond donors (Lipinski definition) is 2. The number of nitrogen functional groups attached to an aromatic ring is 1. The molecule has 18 heavy (non-hydrogen) atoms. The van der Waals surface area contributed by atoms with Crippen LogP contribution >= 0.6 is 0 Å². The van der Waals surface area contributed by atoms with Crippen LogP contribution in [0.5, 0.6) is 0 Å². The number of halogens is 2. The van der Waals surface area contributed by atoms with Gasteiger partial charge in [-0.25, -0.2) is 8.78 Å². The summed E-state index contributed by atoms with van der Waals surface area (Å²) >= 11 is 0. The number of aryl methyl sites for hydroxylation is 2. The van der Waals surface area contributed by atoms with Gasteiger partial charge in [-0.05, 0) is 49.2 Å². The third kappa shape index (κ3) is 2.42. The Labute approximate surface area is 104 Å². The Morgan fingerprint density at radius 3 is 2.22 bits per heavy atom. The third-order valence-corrected chi connectivity index (χ3v) is 2.62. The van der Waals surface area contributed by atoms with E-state index in [1.807, 2.05) is 32.0 Å². The lowest BCUT2D eigenvalue weighted by Crippen LogP contribution is -2.01. The highest BCUT2D eigenvalue weighted by atomic mass is 19.2. The minimum atomic E-state index is -0.964. The first-order valence-corrected chi connectivity index (χ1v) is 5.56. The maximum absolute atomic E-state index is 13.6. The highest BCUT2D eigenvalue weighted by Gasteiger charge is 2.12. The standard InChI is InChI=1S/C14H14F2N2/c1-8-5-9(2)7-10(6-8)18-14-12(17)4-3-11(15)13(14)16/h3-7,18H,17H2,1-2H3. The van der Waals surface area contributed by atoms with E-state index in [-0.39, 0.29) is 11.4 Å². The summed E-state index contributed by atoms with van der Waals surface area (Å²) in [6, 6.07) is 8.03. The van der Waals surface area contributed by atoms with Crippen molar-refractivity contribution < 1.29 is 8.78 Å². The fourth-order valence-corrected chi connectivity index (χ4v) is 1.88. The molecule has 0 fully saturated rings. The molecule has 0 saturated carbocycles. The number of hydrogen-bond acceptors (Lipinski definition) is 2. The van der Waals surface area contributed by atoms with E-state index in [1.54, 1.807) is 0 Å². The summed E-state index contributed by atoms with van der Waals surface area (Å²) in [5, 5.41) is 2.82. The van der Waals surface area contributed by atoms with Gasteiger partial charge in [0, 0.05) is 5.69 Å². The summed E-state index contributed by atoms with van der Waals surface area (Å²) in [5.41, 5.74) is 8.55. The van der Waals surface area contributed by atoms with Crippen molar-refractivity contribution in [2.45, 2.75) is 13.8 Å². The van der Waals surface area contributed by atoms with E-state index in [4.69, 9.17) is 5.73 Å². The van der Waals surface area contributed by atoms with Gasteiger partial charge in [0.2, 0.25) is 0 Å². The topological polar surface area (TPSA) is 38.0 Å². The van der Waals surface area contributed by atoms with Crippen molar-refractivity contribution in [3.63, 3.8) is 0 Å². The summed E-state index contributed by atoms with van der Waals surface area (Å²) in [6.45, 7) is 3.87. The minimum absolute atomic E-state index is 0.0278. The Balaban J connectivity index is 2.42. The predicted octanol–water partition coefficient (Wildman–Crippen LogP) is 3.91. The molecule has 2 rings (SSSR count). The molecule has 3 N–H and O–H groups in total. The first-order valence-electron chi connectivity index (χ1n) is 5.56. The number of rotatable bonds is 2. The molecule has 2 nitrogen and oxygen atoms in total. The normalized spacial score (nSPS) is 10.4. The SMILES string of the molecule is Cc1cc(C)cc(Nc2c(N)ccc(F)c2F)c1. The minimum Gasteiger partial charge on any atom is -0.397 e. The van der Waals surface area contributed by atoms with Crippen LogP contribution in [0.1, 0.15) is 11.1 Å². The number of anilines is 3.